The van der Waals surface area contributed by atoms with Gasteiger partial charge in [0, 0.05) is 32.4 Å². The summed E-state index contributed by atoms with van der Waals surface area (Å²) in [5, 5.41) is 3.69. The molecule has 110 valence electrons. The van der Waals surface area contributed by atoms with Gasteiger partial charge in [0.25, 0.3) is 0 Å². The maximum Gasteiger partial charge on any atom is 0.0396 e. The lowest BCUT2D eigenvalue weighted by atomic mass is 9.89. The number of aryl methyl sites for hydroxylation is 1. The van der Waals surface area contributed by atoms with Gasteiger partial charge in [0.05, 0.1) is 0 Å². The zero-order valence-electron chi connectivity index (χ0n) is 13.0. The van der Waals surface area contributed by atoms with Crippen LogP contribution in [0.15, 0.2) is 18.2 Å². The van der Waals surface area contributed by atoms with Crippen molar-refractivity contribution in [2.45, 2.75) is 52.0 Å². The minimum atomic E-state index is 0.550. The molecule has 1 aromatic carbocycles. The molecular formula is C18H28N2. The molecule has 1 N–H and O–H groups in total. The van der Waals surface area contributed by atoms with Crippen molar-refractivity contribution in [3.8, 4) is 0 Å². The normalized spacial score (nSPS) is 21.0. The summed E-state index contributed by atoms with van der Waals surface area (Å²) in [6.45, 7) is 5.83. The Morgan fingerprint density at radius 1 is 1.20 bits per heavy atom. The summed E-state index contributed by atoms with van der Waals surface area (Å²) < 4.78 is 0. The molecule has 1 saturated carbocycles. The first-order chi connectivity index (χ1) is 9.66. The van der Waals surface area contributed by atoms with Gasteiger partial charge in [-0.3, -0.25) is 0 Å². The van der Waals surface area contributed by atoms with Gasteiger partial charge in [0.15, 0.2) is 0 Å². The summed E-state index contributed by atoms with van der Waals surface area (Å²) in [5.74, 6) is 0. The second-order valence-electron chi connectivity index (χ2n) is 7.11. The summed E-state index contributed by atoms with van der Waals surface area (Å²) in [5.41, 5.74) is 4.96. The van der Waals surface area contributed by atoms with Crippen LogP contribution in [0.25, 0.3) is 0 Å². The van der Waals surface area contributed by atoms with Gasteiger partial charge >= 0.3 is 0 Å². The maximum absolute atomic E-state index is 3.69. The van der Waals surface area contributed by atoms with Crippen LogP contribution in [0.2, 0.25) is 0 Å². The van der Waals surface area contributed by atoms with Gasteiger partial charge in [0.1, 0.15) is 0 Å². The average molecular weight is 272 g/mol. The molecule has 1 aliphatic carbocycles. The van der Waals surface area contributed by atoms with E-state index in [4.69, 9.17) is 0 Å². The molecule has 2 aliphatic rings. The van der Waals surface area contributed by atoms with Crippen LogP contribution >= 0.6 is 0 Å². The van der Waals surface area contributed by atoms with Gasteiger partial charge in [0.2, 0.25) is 0 Å². The maximum atomic E-state index is 3.69. The lowest BCUT2D eigenvalue weighted by molar-refractivity contribution is 0.314. The van der Waals surface area contributed by atoms with E-state index in [-0.39, 0.29) is 0 Å². The van der Waals surface area contributed by atoms with E-state index in [0.717, 1.165) is 6.54 Å². The SMILES string of the molecule is CN1CCCc2cc(CNCC3(C)CCCC3)ccc21. The summed E-state index contributed by atoms with van der Waals surface area (Å²) in [6.07, 6.45) is 8.17. The summed E-state index contributed by atoms with van der Waals surface area (Å²) in [4.78, 5) is 2.38. The third-order valence-electron chi connectivity index (χ3n) is 5.19. The molecule has 0 spiro atoms. The van der Waals surface area contributed by atoms with E-state index in [9.17, 15) is 0 Å². The fourth-order valence-corrected chi connectivity index (χ4v) is 3.86. The van der Waals surface area contributed by atoms with E-state index >= 15 is 0 Å². The molecule has 2 nitrogen and oxygen atoms in total. The Morgan fingerprint density at radius 2 is 2.00 bits per heavy atom. The Kier molecular flexibility index (Phi) is 4.02. The summed E-state index contributed by atoms with van der Waals surface area (Å²) in [7, 11) is 2.21. The highest BCUT2D eigenvalue weighted by Crippen LogP contribution is 2.36. The Balaban J connectivity index is 1.58. The molecule has 1 aromatic rings. The number of hydrogen-bond acceptors (Lipinski definition) is 2. The number of fused-ring (bicyclic) bond motifs is 1. The number of nitrogens with zero attached hydrogens (tertiary/aromatic N) is 1. The fraction of sp³-hybridized carbons (Fsp3) is 0.667. The highest BCUT2D eigenvalue weighted by molar-refractivity contribution is 5.56. The van der Waals surface area contributed by atoms with Crippen LogP contribution in [0.4, 0.5) is 5.69 Å². The summed E-state index contributed by atoms with van der Waals surface area (Å²) >= 11 is 0. The zero-order chi connectivity index (χ0) is 14.0. The average Bonchev–Trinajstić information content (AvgIpc) is 2.86. The van der Waals surface area contributed by atoms with Crippen molar-refractivity contribution < 1.29 is 0 Å². The monoisotopic (exact) mass is 272 g/mol. The third-order valence-corrected chi connectivity index (χ3v) is 5.19. The number of hydrogen-bond donors (Lipinski definition) is 1. The topological polar surface area (TPSA) is 15.3 Å². The lowest BCUT2D eigenvalue weighted by Gasteiger charge is -2.28. The minimum Gasteiger partial charge on any atom is -0.374 e. The highest BCUT2D eigenvalue weighted by atomic mass is 15.1. The predicted molar refractivity (Wildman–Crippen MR) is 86.3 cm³/mol. The van der Waals surface area contributed by atoms with E-state index in [1.165, 1.54) is 68.4 Å². The van der Waals surface area contributed by atoms with Crippen LogP contribution < -0.4 is 10.2 Å². The molecule has 0 atom stereocenters. The van der Waals surface area contributed by atoms with Crippen LogP contribution in [-0.4, -0.2) is 20.1 Å². The van der Waals surface area contributed by atoms with Crippen molar-refractivity contribution in [3.63, 3.8) is 0 Å². The van der Waals surface area contributed by atoms with Gasteiger partial charge in [-0.05, 0) is 48.3 Å². The van der Waals surface area contributed by atoms with Gasteiger partial charge < -0.3 is 10.2 Å². The largest absolute Gasteiger partial charge is 0.374 e. The quantitative estimate of drug-likeness (QED) is 0.898. The van der Waals surface area contributed by atoms with E-state index < -0.39 is 0 Å². The lowest BCUT2D eigenvalue weighted by Crippen LogP contribution is -2.29. The van der Waals surface area contributed by atoms with Crippen molar-refractivity contribution in [2.75, 3.05) is 25.0 Å². The molecule has 0 unspecified atom stereocenters. The van der Waals surface area contributed by atoms with E-state index in [1.54, 1.807) is 0 Å². The smallest absolute Gasteiger partial charge is 0.0396 e. The van der Waals surface area contributed by atoms with Gasteiger partial charge in [-0.2, -0.15) is 0 Å². The van der Waals surface area contributed by atoms with Crippen molar-refractivity contribution in [1.29, 1.82) is 0 Å². The van der Waals surface area contributed by atoms with Crippen LogP contribution in [0.1, 0.15) is 50.2 Å². The highest BCUT2D eigenvalue weighted by Gasteiger charge is 2.27. The van der Waals surface area contributed by atoms with Crippen LogP contribution in [0.5, 0.6) is 0 Å². The van der Waals surface area contributed by atoms with Gasteiger partial charge in [-0.1, -0.05) is 31.9 Å². The molecule has 1 aliphatic heterocycles. The van der Waals surface area contributed by atoms with Crippen LogP contribution in [-0.2, 0) is 13.0 Å². The zero-order valence-corrected chi connectivity index (χ0v) is 13.0. The minimum absolute atomic E-state index is 0.550. The van der Waals surface area contributed by atoms with Crippen LogP contribution in [0.3, 0.4) is 0 Å². The Morgan fingerprint density at radius 3 is 2.80 bits per heavy atom. The molecule has 0 saturated heterocycles. The van der Waals surface area contributed by atoms with Crippen molar-refractivity contribution in [3.05, 3.63) is 29.3 Å². The number of anilines is 1. The third kappa shape index (κ3) is 3.01. The summed E-state index contributed by atoms with van der Waals surface area (Å²) in [6, 6.07) is 7.02. The van der Waals surface area contributed by atoms with E-state index in [0.29, 0.717) is 5.41 Å². The molecule has 0 radical (unpaired) electrons. The Labute approximate surface area is 123 Å². The first-order valence-electron chi connectivity index (χ1n) is 8.20. The Hall–Kier alpha value is -1.02. The molecule has 3 rings (SSSR count). The number of nitrogens with one attached hydrogen (secondary N) is 1. The van der Waals surface area contributed by atoms with Crippen molar-refractivity contribution in [1.82, 2.24) is 5.32 Å². The first kappa shape index (κ1) is 13.9. The molecule has 20 heavy (non-hydrogen) atoms. The molecule has 0 aromatic heterocycles. The Bertz CT molecular complexity index is 460. The number of rotatable bonds is 4. The van der Waals surface area contributed by atoms with Gasteiger partial charge in [-0.25, -0.2) is 0 Å². The molecule has 2 heteroatoms. The molecule has 0 bridgehead atoms. The first-order valence-corrected chi connectivity index (χ1v) is 8.20. The van der Waals surface area contributed by atoms with Gasteiger partial charge in [-0.15, -0.1) is 0 Å². The van der Waals surface area contributed by atoms with Crippen molar-refractivity contribution in [2.24, 2.45) is 5.41 Å². The second kappa shape index (κ2) is 5.77. The van der Waals surface area contributed by atoms with Crippen molar-refractivity contribution >= 4 is 5.69 Å². The fourth-order valence-electron chi connectivity index (χ4n) is 3.86. The molecule has 1 fully saturated rings. The standard InChI is InChI=1S/C18H28N2/c1-18(9-3-4-10-18)14-19-13-15-7-8-17-16(12-15)6-5-11-20(17)2/h7-8,12,19H,3-6,9-11,13-14H2,1-2H3. The van der Waals surface area contributed by atoms with E-state index in [1.807, 2.05) is 0 Å². The second-order valence-corrected chi connectivity index (χ2v) is 7.11. The molecular weight excluding hydrogens is 244 g/mol. The molecule has 0 amide bonds. The predicted octanol–water partition coefficient (Wildman–Crippen LogP) is 3.74. The van der Waals surface area contributed by atoms with E-state index in [2.05, 4.69) is 42.4 Å². The molecule has 1 heterocycles. The van der Waals surface area contributed by atoms with Crippen LogP contribution in [0, 0.1) is 5.41 Å². The number of benzene rings is 1.